The highest BCUT2D eigenvalue weighted by molar-refractivity contribution is 7.09. The quantitative estimate of drug-likeness (QED) is 0.149. The average molecular weight is 756 g/mol. The van der Waals surface area contributed by atoms with Gasteiger partial charge in [-0.25, -0.2) is 4.98 Å². The molecule has 6 atom stereocenters. The van der Waals surface area contributed by atoms with Gasteiger partial charge >= 0.3 is 11.9 Å². The Labute approximate surface area is 319 Å². The largest absolute Gasteiger partial charge is 0.469 e. The molecule has 53 heavy (non-hydrogen) atoms. The molecule has 3 rings (SSSR count). The monoisotopic (exact) mass is 755 g/mol. The lowest BCUT2D eigenvalue weighted by molar-refractivity contribution is -0.150. The van der Waals surface area contributed by atoms with E-state index in [4.69, 9.17) is 9.47 Å². The first-order chi connectivity index (χ1) is 25.1. The summed E-state index contributed by atoms with van der Waals surface area (Å²) >= 11 is 1.21. The number of amides is 3. The normalized spacial score (nSPS) is 20.2. The summed E-state index contributed by atoms with van der Waals surface area (Å²) in [6, 6.07) is 8.50. The highest BCUT2D eigenvalue weighted by atomic mass is 32.1. The summed E-state index contributed by atoms with van der Waals surface area (Å²) in [6.45, 7) is 13.1. The minimum absolute atomic E-state index is 0.0430. The third-order valence-electron chi connectivity index (χ3n) is 10.9. The molecule has 294 valence electrons. The summed E-state index contributed by atoms with van der Waals surface area (Å²) in [6.07, 6.45) is 3.15. The van der Waals surface area contributed by atoms with Crippen LogP contribution < -0.4 is 16.0 Å². The van der Waals surface area contributed by atoms with Crippen LogP contribution in [0.3, 0.4) is 0 Å². The van der Waals surface area contributed by atoms with Gasteiger partial charge in [0.25, 0.3) is 5.91 Å². The summed E-state index contributed by atoms with van der Waals surface area (Å²) in [7, 11) is 4.98. The van der Waals surface area contributed by atoms with Crippen LogP contribution in [-0.2, 0) is 35.1 Å². The van der Waals surface area contributed by atoms with Gasteiger partial charge in [0, 0.05) is 43.9 Å². The summed E-state index contributed by atoms with van der Waals surface area (Å²) < 4.78 is 10.7. The molecule has 0 saturated heterocycles. The molecule has 0 bridgehead atoms. The number of nitrogens with one attached hydrogen (secondary N) is 3. The van der Waals surface area contributed by atoms with Crippen LogP contribution in [0.1, 0.15) is 114 Å². The number of esters is 2. The van der Waals surface area contributed by atoms with E-state index in [1.165, 1.54) is 25.4 Å². The molecular weight excluding hydrogens is 695 g/mol. The van der Waals surface area contributed by atoms with Gasteiger partial charge in [-0.15, -0.1) is 11.3 Å². The Bertz CT molecular complexity index is 1530. The fraction of sp³-hybridized carbons (Fsp3) is 0.650. The second-order valence-electron chi connectivity index (χ2n) is 15.0. The second-order valence-corrected chi connectivity index (χ2v) is 15.9. The fourth-order valence-corrected chi connectivity index (χ4v) is 8.03. The Morgan fingerprint density at radius 2 is 1.68 bits per heavy atom. The molecule has 0 unspecified atom stereocenters. The smallest absolute Gasteiger partial charge is 0.308 e. The Balaban J connectivity index is 1.82. The fourth-order valence-electron chi connectivity index (χ4n) is 7.19. The van der Waals surface area contributed by atoms with Crippen LogP contribution in [0.15, 0.2) is 35.7 Å². The molecule has 1 fully saturated rings. The van der Waals surface area contributed by atoms with Crippen molar-refractivity contribution in [2.75, 3.05) is 21.2 Å². The molecule has 3 N–H and O–H groups in total. The summed E-state index contributed by atoms with van der Waals surface area (Å²) in [5.74, 6) is -2.16. The molecular formula is C40H61N5O7S. The first kappa shape index (κ1) is 43.6. The van der Waals surface area contributed by atoms with Crippen molar-refractivity contribution in [1.29, 1.82) is 0 Å². The van der Waals surface area contributed by atoms with Crippen LogP contribution in [0.25, 0.3) is 0 Å². The summed E-state index contributed by atoms with van der Waals surface area (Å²) in [5, 5.41) is 11.5. The molecule has 12 nitrogen and oxygen atoms in total. The van der Waals surface area contributed by atoms with Gasteiger partial charge < -0.3 is 30.3 Å². The number of aromatic nitrogens is 1. The van der Waals surface area contributed by atoms with Gasteiger partial charge in [-0.1, -0.05) is 78.3 Å². The molecule has 0 spiro atoms. The van der Waals surface area contributed by atoms with Gasteiger partial charge in [0.05, 0.1) is 18.4 Å². The van der Waals surface area contributed by atoms with Crippen LogP contribution in [0.2, 0.25) is 0 Å². The number of methoxy groups -OCH3 is 1. The van der Waals surface area contributed by atoms with Crippen molar-refractivity contribution in [3.8, 4) is 0 Å². The first-order valence-corrected chi connectivity index (χ1v) is 19.8. The first-order valence-electron chi connectivity index (χ1n) is 18.9. The minimum atomic E-state index is -0.824. The Hall–Kier alpha value is -3.84. The van der Waals surface area contributed by atoms with E-state index in [9.17, 15) is 24.0 Å². The molecule has 3 amide bonds. The number of nitrogens with zero attached hydrogens (tertiary/aromatic N) is 2. The summed E-state index contributed by atoms with van der Waals surface area (Å²) in [5.41, 5.74) is 0.677. The maximum Gasteiger partial charge on any atom is 0.308 e. The Kier molecular flexibility index (Phi) is 16.4. The number of benzene rings is 1. The maximum absolute atomic E-state index is 14.3. The standard InChI is InChI=1S/C40H61N5O7S/c1-11-25(5)34(44-39(50)40(12-2)21-30(22-40)41-8)37(48)45(9)32(24(3)4)20-33(52-27(7)46)36-43-31(23-53-36)35(47)42-29(18-26(6)38(49)51-10)19-28-16-14-13-15-17-28/h13-17,23-26,29-30,32-34,41H,11-12,18-22H2,1-10H3,(H,42,47)(H,44,50)/t25-,26-,29+,30?,32+,33+,34-,40?/m0/s1. The number of rotatable bonds is 20. The third-order valence-corrected chi connectivity index (χ3v) is 11.9. The highest BCUT2D eigenvalue weighted by Gasteiger charge is 2.49. The predicted molar refractivity (Wildman–Crippen MR) is 206 cm³/mol. The van der Waals surface area contributed by atoms with Crippen LogP contribution in [0, 0.1) is 23.2 Å². The van der Waals surface area contributed by atoms with Crippen molar-refractivity contribution < 1.29 is 33.4 Å². The molecule has 1 saturated carbocycles. The Morgan fingerprint density at radius 1 is 1.02 bits per heavy atom. The number of ether oxygens (including phenoxy) is 2. The Morgan fingerprint density at radius 3 is 2.23 bits per heavy atom. The maximum atomic E-state index is 14.3. The lowest BCUT2D eigenvalue weighted by atomic mass is 9.63. The molecule has 2 aromatic rings. The van der Waals surface area contributed by atoms with E-state index in [2.05, 4.69) is 20.9 Å². The van der Waals surface area contributed by atoms with Crippen molar-refractivity contribution >= 4 is 41.0 Å². The van der Waals surface area contributed by atoms with Crippen LogP contribution in [0.4, 0.5) is 0 Å². The SMILES string of the molecule is CC[C@H](C)[C@H](NC(=O)C1(CC)CC(NC)C1)C(=O)N(C)[C@H](C[C@@H](OC(C)=O)c1nc(C(=O)N[C@@H](Cc2ccccc2)C[C@H](C)C(=O)OC)cs1)C(C)C. The van der Waals surface area contributed by atoms with Crippen molar-refractivity contribution in [2.45, 2.75) is 124 Å². The van der Waals surface area contributed by atoms with Crippen LogP contribution in [0.5, 0.6) is 0 Å². The molecule has 1 aromatic carbocycles. The molecule has 0 radical (unpaired) electrons. The molecule has 1 heterocycles. The minimum Gasteiger partial charge on any atom is -0.469 e. The van der Waals surface area contributed by atoms with Crippen LogP contribution in [-0.4, -0.2) is 84.9 Å². The topological polar surface area (TPSA) is 156 Å². The van der Waals surface area contributed by atoms with Gasteiger partial charge in [-0.3, -0.25) is 24.0 Å². The average Bonchev–Trinajstić information content (AvgIpc) is 3.61. The van der Waals surface area contributed by atoms with E-state index in [0.717, 1.165) is 18.4 Å². The number of hydrogen-bond acceptors (Lipinski definition) is 10. The van der Waals surface area contributed by atoms with E-state index in [1.54, 1.807) is 24.3 Å². The van der Waals surface area contributed by atoms with Crippen LogP contribution >= 0.6 is 11.3 Å². The lowest BCUT2D eigenvalue weighted by Crippen LogP contribution is -2.60. The molecule has 1 aliphatic rings. The van der Waals surface area contributed by atoms with E-state index in [-0.39, 0.29) is 59.9 Å². The number of carbonyl (C=O) groups excluding carboxylic acids is 5. The highest BCUT2D eigenvalue weighted by Crippen LogP contribution is 2.44. The number of likely N-dealkylation sites (N-methyl/N-ethyl adjacent to an activating group) is 1. The predicted octanol–water partition coefficient (Wildman–Crippen LogP) is 5.47. The third kappa shape index (κ3) is 11.6. The van der Waals surface area contributed by atoms with Gasteiger partial charge in [-0.05, 0) is 56.6 Å². The van der Waals surface area contributed by atoms with E-state index < -0.39 is 35.4 Å². The number of hydrogen-bond donors (Lipinski definition) is 3. The van der Waals surface area contributed by atoms with Gasteiger partial charge in [0.15, 0.2) is 6.10 Å². The van der Waals surface area contributed by atoms with Gasteiger partial charge in [0.2, 0.25) is 11.8 Å². The van der Waals surface area contributed by atoms with Gasteiger partial charge in [0.1, 0.15) is 16.7 Å². The molecule has 0 aliphatic heterocycles. The molecule has 1 aliphatic carbocycles. The van der Waals surface area contributed by atoms with E-state index >= 15 is 0 Å². The zero-order chi connectivity index (χ0) is 39.5. The van der Waals surface area contributed by atoms with Crippen molar-refractivity contribution in [3.63, 3.8) is 0 Å². The van der Waals surface area contributed by atoms with E-state index in [0.29, 0.717) is 30.7 Å². The van der Waals surface area contributed by atoms with Crippen molar-refractivity contribution in [1.82, 2.24) is 25.8 Å². The molecule has 13 heteroatoms. The van der Waals surface area contributed by atoms with Crippen molar-refractivity contribution in [3.05, 3.63) is 52.0 Å². The summed E-state index contributed by atoms with van der Waals surface area (Å²) in [4.78, 5) is 72.4. The molecule has 1 aromatic heterocycles. The number of thiazole rings is 1. The lowest BCUT2D eigenvalue weighted by Gasteiger charge is -2.47. The number of carbonyl (C=O) groups is 5. The second kappa shape index (κ2) is 20.0. The zero-order valence-electron chi connectivity index (χ0n) is 33.2. The van der Waals surface area contributed by atoms with E-state index in [1.807, 2.05) is 72.0 Å². The zero-order valence-corrected chi connectivity index (χ0v) is 34.0. The van der Waals surface area contributed by atoms with Crippen molar-refractivity contribution in [2.24, 2.45) is 23.2 Å². The van der Waals surface area contributed by atoms with Gasteiger partial charge in [-0.2, -0.15) is 0 Å².